The molecule has 0 atom stereocenters. The molecule has 10 rings (SSSR count). The monoisotopic (exact) mass is 623 g/mol. The van der Waals surface area contributed by atoms with Crippen molar-refractivity contribution >= 4 is 43.4 Å². The molecule has 0 bridgehead atoms. The summed E-state index contributed by atoms with van der Waals surface area (Å²) < 4.78 is 0. The van der Waals surface area contributed by atoms with Crippen LogP contribution in [-0.4, -0.2) is 4.98 Å². The van der Waals surface area contributed by atoms with Crippen molar-refractivity contribution in [1.82, 2.24) is 4.98 Å². The van der Waals surface area contributed by atoms with Gasteiger partial charge in [0.1, 0.15) is 0 Å². The zero-order valence-electron chi connectivity index (χ0n) is 27.5. The van der Waals surface area contributed by atoms with Gasteiger partial charge in [0.2, 0.25) is 0 Å². The lowest BCUT2D eigenvalue weighted by Crippen LogP contribution is -2.14. The van der Waals surface area contributed by atoms with Crippen LogP contribution in [0.5, 0.6) is 0 Å². The second-order valence-electron chi connectivity index (χ2n) is 13.9. The van der Waals surface area contributed by atoms with Gasteiger partial charge in [0.25, 0.3) is 0 Å². The second kappa shape index (κ2) is 10.5. The maximum absolute atomic E-state index is 5.11. The third kappa shape index (κ3) is 4.09. The molecule has 0 radical (unpaired) electrons. The number of hydrogen-bond donors (Lipinski definition) is 0. The number of aromatic nitrogens is 1. The SMILES string of the molecule is CC1(C)c2ccccc2-c2ccc(-c3c4ccccc4c(-c4c5ccccc5nc5ccccc45)c4ccc(-c5ccccc5)cc34)cc21. The zero-order chi connectivity index (χ0) is 32.7. The lowest BCUT2D eigenvalue weighted by Gasteiger charge is -2.23. The minimum Gasteiger partial charge on any atom is -0.248 e. The quantitative estimate of drug-likeness (QED) is 0.178. The number of fused-ring (bicyclic) bond motifs is 7. The summed E-state index contributed by atoms with van der Waals surface area (Å²) in [6.07, 6.45) is 0. The summed E-state index contributed by atoms with van der Waals surface area (Å²) in [6, 6.07) is 60.2. The Balaban J connectivity index is 1.37. The average Bonchev–Trinajstić information content (AvgIpc) is 3.38. The van der Waals surface area contributed by atoms with Gasteiger partial charge in [-0.2, -0.15) is 0 Å². The van der Waals surface area contributed by atoms with E-state index in [0.717, 1.165) is 11.0 Å². The fourth-order valence-corrected chi connectivity index (χ4v) is 8.54. The molecule has 0 fully saturated rings. The number of nitrogens with zero attached hydrogens (tertiary/aromatic N) is 1. The van der Waals surface area contributed by atoms with Crippen molar-refractivity contribution in [1.29, 1.82) is 0 Å². The summed E-state index contributed by atoms with van der Waals surface area (Å²) in [6.45, 7) is 4.74. The second-order valence-corrected chi connectivity index (χ2v) is 13.9. The van der Waals surface area contributed by atoms with E-state index < -0.39 is 0 Å². The van der Waals surface area contributed by atoms with Crippen molar-refractivity contribution in [3.05, 3.63) is 175 Å². The Kier molecular flexibility index (Phi) is 5.99. The van der Waals surface area contributed by atoms with Crippen molar-refractivity contribution in [3.63, 3.8) is 0 Å². The van der Waals surface area contributed by atoms with Gasteiger partial charge in [-0.25, -0.2) is 4.98 Å². The number of hydrogen-bond acceptors (Lipinski definition) is 1. The molecule has 0 spiro atoms. The molecule has 1 aromatic heterocycles. The first-order valence-electron chi connectivity index (χ1n) is 17.1. The van der Waals surface area contributed by atoms with Crippen LogP contribution in [0.4, 0.5) is 0 Å². The standard InChI is InChI=1S/C48H33N/c1-48(2)41-21-11-8-16-33(41)34-26-25-32(29-42(34)48)45-35-17-6-7-18-36(35)46(37-27-24-31(28-40(37)45)30-14-4-3-5-15-30)47-38-19-9-12-22-43(38)49-44-23-13-10-20-39(44)47/h3-29H,1-2H3. The number of pyridine rings is 1. The van der Waals surface area contributed by atoms with Crippen molar-refractivity contribution in [2.45, 2.75) is 19.3 Å². The minimum absolute atomic E-state index is 0.0858. The van der Waals surface area contributed by atoms with E-state index in [1.54, 1.807) is 0 Å². The molecule has 0 aliphatic heterocycles. The molecule has 0 unspecified atom stereocenters. The highest BCUT2D eigenvalue weighted by Crippen LogP contribution is 2.52. The predicted molar refractivity (Wildman–Crippen MR) is 208 cm³/mol. The highest BCUT2D eigenvalue weighted by atomic mass is 14.7. The fraction of sp³-hybridized carbons (Fsp3) is 0.0625. The lowest BCUT2D eigenvalue weighted by molar-refractivity contribution is 0.660. The summed E-state index contributed by atoms with van der Waals surface area (Å²) in [5.41, 5.74) is 14.9. The molecule has 230 valence electrons. The molecule has 0 saturated carbocycles. The van der Waals surface area contributed by atoms with Crippen molar-refractivity contribution in [2.75, 3.05) is 0 Å². The molecular formula is C48H33N. The number of benzene rings is 8. The lowest BCUT2D eigenvalue weighted by atomic mass is 9.80. The molecule has 1 heterocycles. The molecule has 49 heavy (non-hydrogen) atoms. The van der Waals surface area contributed by atoms with E-state index in [4.69, 9.17) is 4.98 Å². The van der Waals surface area contributed by atoms with E-state index in [-0.39, 0.29) is 5.41 Å². The molecule has 8 aromatic carbocycles. The van der Waals surface area contributed by atoms with Gasteiger partial charge in [-0.1, -0.05) is 153 Å². The van der Waals surface area contributed by atoms with E-state index in [0.29, 0.717) is 0 Å². The van der Waals surface area contributed by atoms with Crippen LogP contribution >= 0.6 is 0 Å². The first kappa shape index (κ1) is 28.0. The number of rotatable bonds is 3. The molecular weight excluding hydrogens is 591 g/mol. The van der Waals surface area contributed by atoms with Crippen LogP contribution in [0.3, 0.4) is 0 Å². The third-order valence-electron chi connectivity index (χ3n) is 10.8. The van der Waals surface area contributed by atoms with E-state index >= 15 is 0 Å². The third-order valence-corrected chi connectivity index (χ3v) is 10.8. The average molecular weight is 624 g/mol. The topological polar surface area (TPSA) is 12.9 Å². The normalized spacial score (nSPS) is 13.3. The van der Waals surface area contributed by atoms with Crippen LogP contribution in [0.25, 0.3) is 87.9 Å². The van der Waals surface area contributed by atoms with Gasteiger partial charge in [-0.05, 0) is 95.9 Å². The Bertz CT molecular complexity index is 2730. The van der Waals surface area contributed by atoms with Crippen molar-refractivity contribution in [3.8, 4) is 44.5 Å². The van der Waals surface area contributed by atoms with E-state index in [9.17, 15) is 0 Å². The first-order valence-corrected chi connectivity index (χ1v) is 17.1. The Morgan fingerprint density at radius 1 is 0.347 bits per heavy atom. The van der Waals surface area contributed by atoms with Crippen LogP contribution < -0.4 is 0 Å². The Labute approximate surface area is 286 Å². The van der Waals surface area contributed by atoms with Crippen LogP contribution in [0.2, 0.25) is 0 Å². The summed E-state index contributed by atoms with van der Waals surface area (Å²) >= 11 is 0. The van der Waals surface area contributed by atoms with Crippen LogP contribution in [0.1, 0.15) is 25.0 Å². The Morgan fingerprint density at radius 3 is 1.61 bits per heavy atom. The molecule has 0 amide bonds. The summed E-state index contributed by atoms with van der Waals surface area (Å²) in [5.74, 6) is 0. The highest BCUT2D eigenvalue weighted by molar-refractivity contribution is 6.27. The number of para-hydroxylation sites is 2. The van der Waals surface area contributed by atoms with E-state index in [2.05, 4.69) is 178 Å². The van der Waals surface area contributed by atoms with Crippen molar-refractivity contribution < 1.29 is 0 Å². The van der Waals surface area contributed by atoms with Gasteiger partial charge in [0.15, 0.2) is 0 Å². The van der Waals surface area contributed by atoms with E-state index in [1.807, 2.05) is 0 Å². The smallest absolute Gasteiger partial charge is 0.0715 e. The van der Waals surface area contributed by atoms with Gasteiger partial charge in [-0.3, -0.25) is 0 Å². The maximum atomic E-state index is 5.11. The first-order chi connectivity index (χ1) is 24.1. The molecule has 0 N–H and O–H groups in total. The zero-order valence-corrected chi connectivity index (χ0v) is 27.5. The molecule has 1 aliphatic carbocycles. The fourth-order valence-electron chi connectivity index (χ4n) is 8.54. The van der Waals surface area contributed by atoms with Crippen LogP contribution in [0.15, 0.2) is 164 Å². The Hall–Kier alpha value is -6.05. The van der Waals surface area contributed by atoms with E-state index in [1.165, 1.54) is 88.0 Å². The highest BCUT2D eigenvalue weighted by Gasteiger charge is 2.35. The maximum Gasteiger partial charge on any atom is 0.0715 e. The molecule has 1 aliphatic rings. The van der Waals surface area contributed by atoms with Gasteiger partial charge >= 0.3 is 0 Å². The van der Waals surface area contributed by atoms with Crippen LogP contribution in [0, 0.1) is 0 Å². The molecule has 1 heteroatoms. The Morgan fingerprint density at radius 2 is 0.878 bits per heavy atom. The molecule has 9 aromatic rings. The largest absolute Gasteiger partial charge is 0.248 e. The van der Waals surface area contributed by atoms with Gasteiger partial charge in [0.05, 0.1) is 11.0 Å². The minimum atomic E-state index is -0.0858. The van der Waals surface area contributed by atoms with Gasteiger partial charge in [0, 0.05) is 21.8 Å². The predicted octanol–water partition coefficient (Wildman–Crippen LogP) is 13.0. The van der Waals surface area contributed by atoms with Crippen molar-refractivity contribution in [2.24, 2.45) is 0 Å². The van der Waals surface area contributed by atoms with Gasteiger partial charge in [-0.15, -0.1) is 0 Å². The molecule has 1 nitrogen and oxygen atoms in total. The van der Waals surface area contributed by atoms with Gasteiger partial charge < -0.3 is 0 Å². The summed E-state index contributed by atoms with van der Waals surface area (Å²) in [5, 5.41) is 7.36. The summed E-state index contributed by atoms with van der Waals surface area (Å²) in [7, 11) is 0. The summed E-state index contributed by atoms with van der Waals surface area (Å²) in [4.78, 5) is 5.11. The molecule has 0 saturated heterocycles. The van der Waals surface area contributed by atoms with Crippen LogP contribution in [-0.2, 0) is 5.41 Å².